The van der Waals surface area contributed by atoms with Crippen molar-refractivity contribution in [3.63, 3.8) is 0 Å². The molecule has 2 atom stereocenters. The monoisotopic (exact) mass is 468 g/mol. The molecule has 0 saturated carbocycles. The highest BCUT2D eigenvalue weighted by molar-refractivity contribution is 6.11. The number of carboxylic acids is 1. The Morgan fingerprint density at radius 3 is 2.40 bits per heavy atom. The highest BCUT2D eigenvalue weighted by atomic mass is 16.6. The quantitative estimate of drug-likeness (QED) is 0.589. The number of anilines is 1. The zero-order valence-electron chi connectivity index (χ0n) is 19.4. The minimum Gasteiger partial charge on any atom is -0.486 e. The summed E-state index contributed by atoms with van der Waals surface area (Å²) in [5.41, 5.74) is 2.12. The number of amides is 1. The molecule has 0 saturated heterocycles. The summed E-state index contributed by atoms with van der Waals surface area (Å²) in [5, 5.41) is 19.9. The van der Waals surface area contributed by atoms with Crippen LogP contribution >= 0.6 is 0 Å². The fraction of sp³-hybridized carbons (Fsp3) is 0.250. The van der Waals surface area contributed by atoms with Crippen molar-refractivity contribution in [2.75, 3.05) is 18.1 Å². The number of carbonyl (C=O) groups is 2. The maximum atomic E-state index is 13.8. The summed E-state index contributed by atoms with van der Waals surface area (Å²) in [6, 6.07) is 20.8. The van der Waals surface area contributed by atoms with Crippen LogP contribution in [0.25, 0.3) is 0 Å². The standard InChI is InChI=1S/C28H24N2O5/c1-28(2,16-29)18-8-10-19(11-9-18)30-25(17-7-12-22-23(15-17)35-14-13-34-22)24(27(32)33)20-5-3-4-6-21(20)26(30)31/h3-12,15,24-25H,13-14H2,1-2H3,(H,32,33)/t24-,25+/m1/s1. The fourth-order valence-electron chi connectivity index (χ4n) is 4.77. The molecule has 0 spiro atoms. The molecule has 7 heteroatoms. The zero-order chi connectivity index (χ0) is 24.7. The Morgan fingerprint density at radius 1 is 1.03 bits per heavy atom. The highest BCUT2D eigenvalue weighted by Gasteiger charge is 2.45. The first kappa shape index (κ1) is 22.5. The molecule has 35 heavy (non-hydrogen) atoms. The van der Waals surface area contributed by atoms with Crippen LogP contribution in [0.3, 0.4) is 0 Å². The first-order valence-corrected chi connectivity index (χ1v) is 11.4. The number of fused-ring (bicyclic) bond motifs is 2. The van der Waals surface area contributed by atoms with Gasteiger partial charge in [-0.25, -0.2) is 0 Å². The van der Waals surface area contributed by atoms with E-state index >= 15 is 0 Å². The smallest absolute Gasteiger partial charge is 0.313 e. The summed E-state index contributed by atoms with van der Waals surface area (Å²) in [5.74, 6) is -1.21. The molecule has 0 unspecified atom stereocenters. The van der Waals surface area contributed by atoms with E-state index in [4.69, 9.17) is 9.47 Å². The second-order valence-electron chi connectivity index (χ2n) is 9.21. The summed E-state index contributed by atoms with van der Waals surface area (Å²) in [6.45, 7) is 4.48. The molecule has 3 aromatic carbocycles. The largest absolute Gasteiger partial charge is 0.486 e. The molecule has 2 aliphatic heterocycles. The number of benzene rings is 3. The third-order valence-electron chi connectivity index (χ3n) is 6.66. The number of carbonyl (C=O) groups excluding carboxylic acids is 1. The van der Waals surface area contributed by atoms with E-state index in [1.807, 2.05) is 26.0 Å². The summed E-state index contributed by atoms with van der Waals surface area (Å²) in [6.07, 6.45) is 0. The fourth-order valence-corrected chi connectivity index (χ4v) is 4.77. The van der Waals surface area contributed by atoms with Crippen LogP contribution in [0.5, 0.6) is 11.5 Å². The minimum atomic E-state index is -1.03. The van der Waals surface area contributed by atoms with Crippen LogP contribution < -0.4 is 14.4 Å². The Labute approximate surface area is 203 Å². The normalized spacial score (nSPS) is 19.0. The first-order valence-electron chi connectivity index (χ1n) is 11.4. The van der Waals surface area contributed by atoms with Crippen molar-refractivity contribution in [2.45, 2.75) is 31.2 Å². The average molecular weight is 469 g/mol. The maximum absolute atomic E-state index is 13.8. The molecular weight excluding hydrogens is 444 g/mol. The lowest BCUT2D eigenvalue weighted by Gasteiger charge is -2.41. The van der Waals surface area contributed by atoms with Gasteiger partial charge in [0.1, 0.15) is 19.1 Å². The van der Waals surface area contributed by atoms with Crippen molar-refractivity contribution >= 4 is 17.6 Å². The summed E-state index contributed by atoms with van der Waals surface area (Å²) in [7, 11) is 0. The minimum absolute atomic E-state index is 0.287. The number of nitrogens with zero attached hydrogens (tertiary/aromatic N) is 2. The SMILES string of the molecule is CC(C)(C#N)c1ccc(N2C(=O)c3ccccc3[C@@H](C(=O)O)[C@@H]2c2ccc3c(c2)OCCO3)cc1. The predicted octanol–water partition coefficient (Wildman–Crippen LogP) is 4.83. The van der Waals surface area contributed by atoms with Gasteiger partial charge in [-0.1, -0.05) is 36.4 Å². The van der Waals surface area contributed by atoms with Crippen molar-refractivity contribution in [3.8, 4) is 17.6 Å². The third-order valence-corrected chi connectivity index (χ3v) is 6.66. The predicted molar refractivity (Wildman–Crippen MR) is 129 cm³/mol. The second-order valence-corrected chi connectivity index (χ2v) is 9.21. The third kappa shape index (κ3) is 3.77. The Hall–Kier alpha value is -4.31. The van der Waals surface area contributed by atoms with Gasteiger partial charge < -0.3 is 14.6 Å². The van der Waals surface area contributed by atoms with Crippen LogP contribution in [0.15, 0.2) is 66.7 Å². The number of nitriles is 1. The number of carboxylic acid groups (broad SMARTS) is 1. The topological polar surface area (TPSA) is 99.9 Å². The number of ether oxygens (including phenoxy) is 2. The van der Waals surface area contributed by atoms with Gasteiger partial charge in [-0.05, 0) is 60.9 Å². The molecule has 0 aromatic heterocycles. The maximum Gasteiger partial charge on any atom is 0.313 e. The van der Waals surface area contributed by atoms with E-state index in [0.29, 0.717) is 47.1 Å². The lowest BCUT2D eigenvalue weighted by molar-refractivity contribution is -0.139. The molecule has 5 rings (SSSR count). The van der Waals surface area contributed by atoms with Crippen LogP contribution in [0, 0.1) is 11.3 Å². The number of rotatable bonds is 4. The molecule has 0 aliphatic carbocycles. The molecule has 0 bridgehead atoms. The van der Waals surface area contributed by atoms with Gasteiger partial charge in [-0.3, -0.25) is 14.5 Å². The van der Waals surface area contributed by atoms with Gasteiger partial charge in [0, 0.05) is 11.3 Å². The summed E-state index contributed by atoms with van der Waals surface area (Å²) < 4.78 is 11.4. The lowest BCUT2D eigenvalue weighted by Crippen LogP contribution is -2.45. The lowest BCUT2D eigenvalue weighted by atomic mass is 9.79. The van der Waals surface area contributed by atoms with Crippen LogP contribution in [0.4, 0.5) is 5.69 Å². The molecule has 176 valence electrons. The van der Waals surface area contributed by atoms with Gasteiger partial charge in [0.2, 0.25) is 0 Å². The number of hydrogen-bond acceptors (Lipinski definition) is 5. The molecule has 2 heterocycles. The summed E-state index contributed by atoms with van der Waals surface area (Å²) in [4.78, 5) is 28.0. The molecule has 3 aromatic rings. The number of aliphatic carboxylic acids is 1. The molecule has 1 N–H and O–H groups in total. The molecular formula is C28H24N2O5. The zero-order valence-corrected chi connectivity index (χ0v) is 19.4. The van der Waals surface area contributed by atoms with Crippen LogP contribution in [0.2, 0.25) is 0 Å². The second kappa shape index (κ2) is 8.48. The Bertz CT molecular complexity index is 1360. The van der Waals surface area contributed by atoms with Crippen molar-refractivity contribution in [1.29, 1.82) is 5.26 Å². The van der Waals surface area contributed by atoms with E-state index in [-0.39, 0.29) is 5.91 Å². The van der Waals surface area contributed by atoms with E-state index in [1.165, 1.54) is 4.90 Å². The molecule has 7 nitrogen and oxygen atoms in total. The van der Waals surface area contributed by atoms with E-state index in [1.54, 1.807) is 54.6 Å². The Morgan fingerprint density at radius 2 is 1.71 bits per heavy atom. The van der Waals surface area contributed by atoms with Crippen molar-refractivity contribution in [3.05, 3.63) is 89.0 Å². The summed E-state index contributed by atoms with van der Waals surface area (Å²) >= 11 is 0. The van der Waals surface area contributed by atoms with Crippen molar-refractivity contribution in [1.82, 2.24) is 0 Å². The first-order chi connectivity index (χ1) is 16.8. The molecule has 0 radical (unpaired) electrons. The van der Waals surface area contributed by atoms with Gasteiger partial charge in [-0.2, -0.15) is 5.26 Å². The van der Waals surface area contributed by atoms with E-state index in [9.17, 15) is 20.0 Å². The average Bonchev–Trinajstić information content (AvgIpc) is 2.88. The van der Waals surface area contributed by atoms with E-state index < -0.39 is 23.3 Å². The molecule has 1 amide bonds. The van der Waals surface area contributed by atoms with Crippen molar-refractivity contribution in [2.24, 2.45) is 0 Å². The van der Waals surface area contributed by atoms with Gasteiger partial charge >= 0.3 is 5.97 Å². The van der Waals surface area contributed by atoms with E-state index in [2.05, 4.69) is 6.07 Å². The van der Waals surface area contributed by atoms with Gasteiger partial charge in [0.15, 0.2) is 11.5 Å². The highest BCUT2D eigenvalue weighted by Crippen LogP contribution is 2.47. The van der Waals surface area contributed by atoms with Gasteiger partial charge in [0.05, 0.1) is 17.5 Å². The Balaban J connectivity index is 1.69. The van der Waals surface area contributed by atoms with E-state index in [0.717, 1.165) is 5.56 Å². The molecule has 2 aliphatic rings. The van der Waals surface area contributed by atoms with Crippen LogP contribution in [-0.2, 0) is 10.2 Å². The van der Waals surface area contributed by atoms with Crippen LogP contribution in [0.1, 0.15) is 52.9 Å². The molecule has 0 fully saturated rings. The Kier molecular flexibility index (Phi) is 5.45. The van der Waals surface area contributed by atoms with Crippen molar-refractivity contribution < 1.29 is 24.2 Å². The van der Waals surface area contributed by atoms with Gasteiger partial charge in [-0.15, -0.1) is 0 Å². The van der Waals surface area contributed by atoms with Gasteiger partial charge in [0.25, 0.3) is 5.91 Å². The van der Waals surface area contributed by atoms with Crippen LogP contribution in [-0.4, -0.2) is 30.2 Å². The number of hydrogen-bond donors (Lipinski definition) is 1.